The number of carboxylic acids is 1. The van der Waals surface area contributed by atoms with Crippen molar-refractivity contribution in [3.63, 3.8) is 0 Å². The summed E-state index contributed by atoms with van der Waals surface area (Å²) in [6, 6.07) is 4.92. The molecule has 0 saturated carbocycles. The van der Waals surface area contributed by atoms with Gasteiger partial charge in [-0.3, -0.25) is 4.72 Å². The predicted molar refractivity (Wildman–Crippen MR) is 74.1 cm³/mol. The first-order valence-electron chi connectivity index (χ1n) is 5.44. The summed E-state index contributed by atoms with van der Waals surface area (Å²) < 4.78 is 26.8. The number of nitrogens with one attached hydrogen (secondary N) is 1. The van der Waals surface area contributed by atoms with Crippen LogP contribution in [0.1, 0.15) is 11.1 Å². The van der Waals surface area contributed by atoms with Crippen LogP contribution in [0.15, 0.2) is 24.3 Å². The van der Waals surface area contributed by atoms with Crippen molar-refractivity contribution in [1.29, 1.82) is 0 Å². The summed E-state index contributed by atoms with van der Waals surface area (Å²) in [5.41, 5.74) is 1.87. The van der Waals surface area contributed by atoms with Crippen LogP contribution in [0.5, 0.6) is 0 Å². The second kappa shape index (κ2) is 5.85. The standard InChI is InChI=1S/C12H16N2O4S/c1-9-4-6-11(13-19(17,18)14(2)3)8-10(9)5-7-12(15)16/h4-8,13H,1-3H3,(H,15,16). The summed E-state index contributed by atoms with van der Waals surface area (Å²) in [5, 5.41) is 8.59. The van der Waals surface area contributed by atoms with Crippen LogP contribution in [0.2, 0.25) is 0 Å². The summed E-state index contributed by atoms with van der Waals surface area (Å²) in [7, 11) is -0.732. The third-order valence-corrected chi connectivity index (χ3v) is 3.87. The molecule has 1 aromatic carbocycles. The third kappa shape index (κ3) is 4.38. The summed E-state index contributed by atoms with van der Waals surface area (Å²) in [6.45, 7) is 1.81. The average Bonchev–Trinajstić information content (AvgIpc) is 2.29. The molecule has 7 heteroatoms. The Kier molecular flexibility index (Phi) is 4.68. The first-order valence-corrected chi connectivity index (χ1v) is 6.88. The van der Waals surface area contributed by atoms with Gasteiger partial charge in [-0.2, -0.15) is 12.7 Å². The van der Waals surface area contributed by atoms with Gasteiger partial charge in [0.1, 0.15) is 0 Å². The molecule has 0 aromatic heterocycles. The highest BCUT2D eigenvalue weighted by Gasteiger charge is 2.13. The van der Waals surface area contributed by atoms with Crippen molar-refractivity contribution in [2.45, 2.75) is 6.92 Å². The van der Waals surface area contributed by atoms with Gasteiger partial charge in [-0.05, 0) is 36.3 Å². The Morgan fingerprint density at radius 2 is 2.00 bits per heavy atom. The molecule has 0 saturated heterocycles. The summed E-state index contributed by atoms with van der Waals surface area (Å²) >= 11 is 0. The Balaban J connectivity index is 3.07. The van der Waals surface area contributed by atoms with Gasteiger partial charge in [0.2, 0.25) is 0 Å². The molecule has 0 radical (unpaired) electrons. The van der Waals surface area contributed by atoms with E-state index < -0.39 is 16.2 Å². The topological polar surface area (TPSA) is 86.7 Å². The van der Waals surface area contributed by atoms with Crippen molar-refractivity contribution in [3.8, 4) is 0 Å². The fourth-order valence-corrected chi connectivity index (χ4v) is 1.89. The highest BCUT2D eigenvalue weighted by atomic mass is 32.2. The molecule has 0 fully saturated rings. The van der Waals surface area contributed by atoms with E-state index in [2.05, 4.69) is 4.72 Å². The van der Waals surface area contributed by atoms with Crippen LogP contribution in [-0.2, 0) is 15.0 Å². The maximum Gasteiger partial charge on any atom is 0.328 e. The normalized spacial score (nSPS) is 12.0. The van der Waals surface area contributed by atoms with E-state index in [4.69, 9.17) is 5.11 Å². The molecule has 0 atom stereocenters. The molecule has 1 rings (SSSR count). The van der Waals surface area contributed by atoms with E-state index in [0.29, 0.717) is 11.3 Å². The SMILES string of the molecule is Cc1ccc(NS(=O)(=O)N(C)C)cc1C=CC(=O)O. The Hall–Kier alpha value is -1.86. The van der Waals surface area contributed by atoms with Gasteiger partial charge in [0.05, 0.1) is 5.69 Å². The molecule has 0 bridgehead atoms. The van der Waals surface area contributed by atoms with Gasteiger partial charge in [0.25, 0.3) is 0 Å². The lowest BCUT2D eigenvalue weighted by atomic mass is 10.1. The number of carbonyl (C=O) groups is 1. The van der Waals surface area contributed by atoms with Gasteiger partial charge in [-0.1, -0.05) is 6.07 Å². The third-order valence-electron chi connectivity index (χ3n) is 2.41. The van der Waals surface area contributed by atoms with Crippen LogP contribution >= 0.6 is 0 Å². The number of aryl methyl sites for hydroxylation is 1. The van der Waals surface area contributed by atoms with E-state index in [1.54, 1.807) is 18.2 Å². The molecule has 0 aliphatic heterocycles. The second-order valence-corrected chi connectivity index (χ2v) is 6.02. The highest BCUT2D eigenvalue weighted by molar-refractivity contribution is 7.90. The van der Waals surface area contributed by atoms with Crippen LogP contribution in [-0.4, -0.2) is 37.9 Å². The van der Waals surface area contributed by atoms with E-state index in [1.807, 2.05) is 6.92 Å². The van der Waals surface area contributed by atoms with E-state index in [9.17, 15) is 13.2 Å². The van der Waals surface area contributed by atoms with E-state index in [-0.39, 0.29) is 0 Å². The molecule has 0 amide bonds. The minimum absolute atomic E-state index is 0.379. The Labute approximate surface area is 112 Å². The molecular weight excluding hydrogens is 268 g/mol. The predicted octanol–water partition coefficient (Wildman–Crippen LogP) is 1.31. The summed E-state index contributed by atoms with van der Waals surface area (Å²) in [5.74, 6) is -1.06. The molecule has 0 spiro atoms. The highest BCUT2D eigenvalue weighted by Crippen LogP contribution is 2.18. The van der Waals surface area contributed by atoms with Gasteiger partial charge in [0.15, 0.2) is 0 Å². The zero-order valence-corrected chi connectivity index (χ0v) is 11.7. The second-order valence-electron chi connectivity index (χ2n) is 4.13. The zero-order chi connectivity index (χ0) is 14.6. The largest absolute Gasteiger partial charge is 0.478 e. The van der Waals surface area contributed by atoms with Crippen LogP contribution < -0.4 is 4.72 Å². The lowest BCUT2D eigenvalue weighted by Crippen LogP contribution is -2.28. The monoisotopic (exact) mass is 284 g/mol. The number of nitrogens with zero attached hydrogens (tertiary/aromatic N) is 1. The number of benzene rings is 1. The molecule has 2 N–H and O–H groups in total. The molecule has 104 valence electrons. The fraction of sp³-hybridized carbons (Fsp3) is 0.250. The Morgan fingerprint density at radius 1 is 1.37 bits per heavy atom. The number of carboxylic acid groups (broad SMARTS) is 1. The van der Waals surface area contributed by atoms with Gasteiger partial charge < -0.3 is 5.11 Å². The van der Waals surface area contributed by atoms with Crippen LogP contribution in [0.4, 0.5) is 5.69 Å². The Bertz CT molecular complexity index is 606. The minimum atomic E-state index is -3.57. The van der Waals surface area contributed by atoms with Crippen LogP contribution in [0, 0.1) is 6.92 Å². The molecule has 0 heterocycles. The maximum absolute atomic E-state index is 11.7. The average molecular weight is 284 g/mol. The van der Waals surface area contributed by atoms with Gasteiger partial charge in [-0.15, -0.1) is 0 Å². The molecule has 19 heavy (non-hydrogen) atoms. The number of hydrogen-bond donors (Lipinski definition) is 2. The van der Waals surface area contributed by atoms with Crippen molar-refractivity contribution < 1.29 is 18.3 Å². The smallest absolute Gasteiger partial charge is 0.328 e. The number of rotatable bonds is 5. The van der Waals surface area contributed by atoms with E-state index in [0.717, 1.165) is 15.9 Å². The zero-order valence-electron chi connectivity index (χ0n) is 10.9. The minimum Gasteiger partial charge on any atom is -0.478 e. The molecular formula is C12H16N2O4S. The number of aliphatic carboxylic acids is 1. The first-order chi connectivity index (χ1) is 8.72. The lowest BCUT2D eigenvalue weighted by Gasteiger charge is -2.14. The van der Waals surface area contributed by atoms with Crippen LogP contribution in [0.25, 0.3) is 6.08 Å². The quantitative estimate of drug-likeness (QED) is 0.798. The molecule has 6 nitrogen and oxygen atoms in total. The van der Waals surface area contributed by atoms with Crippen molar-refractivity contribution in [2.75, 3.05) is 18.8 Å². The van der Waals surface area contributed by atoms with Crippen molar-refractivity contribution in [2.24, 2.45) is 0 Å². The van der Waals surface area contributed by atoms with E-state index >= 15 is 0 Å². The van der Waals surface area contributed by atoms with Crippen LogP contribution in [0.3, 0.4) is 0 Å². The first kappa shape index (κ1) is 15.2. The molecule has 0 aliphatic carbocycles. The van der Waals surface area contributed by atoms with Crippen molar-refractivity contribution in [3.05, 3.63) is 35.4 Å². The summed E-state index contributed by atoms with van der Waals surface area (Å²) in [6.07, 6.45) is 2.43. The maximum atomic E-state index is 11.7. The summed E-state index contributed by atoms with van der Waals surface area (Å²) in [4.78, 5) is 10.5. The van der Waals surface area contributed by atoms with Crippen molar-refractivity contribution in [1.82, 2.24) is 4.31 Å². The lowest BCUT2D eigenvalue weighted by molar-refractivity contribution is -0.131. The van der Waals surface area contributed by atoms with E-state index in [1.165, 1.54) is 20.2 Å². The van der Waals surface area contributed by atoms with Gasteiger partial charge in [0, 0.05) is 20.2 Å². The fourth-order valence-electron chi connectivity index (χ4n) is 1.28. The molecule has 0 aliphatic rings. The number of hydrogen-bond acceptors (Lipinski definition) is 3. The van der Waals surface area contributed by atoms with Gasteiger partial charge in [-0.25, -0.2) is 4.79 Å². The number of anilines is 1. The van der Waals surface area contributed by atoms with Gasteiger partial charge >= 0.3 is 16.2 Å². The van der Waals surface area contributed by atoms with Crippen molar-refractivity contribution >= 4 is 27.9 Å². The molecule has 0 unspecified atom stereocenters. The Morgan fingerprint density at radius 3 is 2.53 bits per heavy atom. The molecule has 1 aromatic rings.